The van der Waals surface area contributed by atoms with Crippen LogP contribution in [0, 0.1) is 24.4 Å². The summed E-state index contributed by atoms with van der Waals surface area (Å²) < 4.78 is 41.0. The molecule has 1 atom stereocenters. The number of nitrogens with one attached hydrogen (secondary N) is 1. The summed E-state index contributed by atoms with van der Waals surface area (Å²) in [6.07, 6.45) is 0.855. The van der Waals surface area contributed by atoms with E-state index in [0.29, 0.717) is 23.2 Å². The molecule has 4 heteroatoms. The van der Waals surface area contributed by atoms with Crippen molar-refractivity contribution in [3.8, 4) is 0 Å². The Bertz CT molecular complexity index is 625. The van der Waals surface area contributed by atoms with Gasteiger partial charge in [-0.1, -0.05) is 19.1 Å². The minimum absolute atomic E-state index is 0.327. The molecule has 0 fully saturated rings. The summed E-state index contributed by atoms with van der Waals surface area (Å²) in [5.41, 5.74) is 1.31. The van der Waals surface area contributed by atoms with Crippen molar-refractivity contribution in [1.82, 2.24) is 5.32 Å². The lowest BCUT2D eigenvalue weighted by Gasteiger charge is -2.21. The quantitative estimate of drug-likeness (QED) is 0.855. The van der Waals surface area contributed by atoms with Crippen LogP contribution in [0.25, 0.3) is 0 Å². The van der Waals surface area contributed by atoms with Gasteiger partial charge in [0.2, 0.25) is 0 Å². The highest BCUT2D eigenvalue weighted by Crippen LogP contribution is 2.27. The van der Waals surface area contributed by atoms with Crippen molar-refractivity contribution in [3.63, 3.8) is 0 Å². The van der Waals surface area contributed by atoms with E-state index in [1.807, 2.05) is 6.92 Å². The number of hydrogen-bond acceptors (Lipinski definition) is 1. The van der Waals surface area contributed by atoms with Gasteiger partial charge in [-0.25, -0.2) is 13.2 Å². The van der Waals surface area contributed by atoms with Gasteiger partial charge in [0.05, 0.1) is 6.04 Å². The monoisotopic (exact) mass is 293 g/mol. The highest BCUT2D eigenvalue weighted by Gasteiger charge is 2.19. The van der Waals surface area contributed by atoms with Crippen LogP contribution in [-0.2, 0) is 0 Å². The predicted octanol–water partition coefficient (Wildman–Crippen LogP) is 4.50. The fourth-order valence-corrected chi connectivity index (χ4v) is 2.28. The lowest BCUT2D eigenvalue weighted by Crippen LogP contribution is -2.24. The second kappa shape index (κ2) is 6.76. The second-order valence-electron chi connectivity index (χ2n) is 5.07. The average molecular weight is 293 g/mol. The average Bonchev–Trinajstić information content (AvgIpc) is 2.44. The first-order valence-electron chi connectivity index (χ1n) is 6.97. The van der Waals surface area contributed by atoms with Crippen molar-refractivity contribution < 1.29 is 13.2 Å². The Morgan fingerprint density at radius 2 is 1.81 bits per heavy atom. The number of rotatable bonds is 5. The molecular formula is C17H18F3N. The van der Waals surface area contributed by atoms with Gasteiger partial charge in [0.15, 0.2) is 0 Å². The topological polar surface area (TPSA) is 12.0 Å². The lowest BCUT2D eigenvalue weighted by atomic mass is 9.96. The zero-order valence-electron chi connectivity index (χ0n) is 12.1. The molecule has 0 spiro atoms. The lowest BCUT2D eigenvalue weighted by molar-refractivity contribution is 0.527. The van der Waals surface area contributed by atoms with Gasteiger partial charge >= 0.3 is 0 Å². The molecule has 0 amide bonds. The van der Waals surface area contributed by atoms with Crippen molar-refractivity contribution in [2.45, 2.75) is 26.3 Å². The van der Waals surface area contributed by atoms with Crippen LogP contribution < -0.4 is 5.32 Å². The van der Waals surface area contributed by atoms with Crippen LogP contribution in [0.5, 0.6) is 0 Å². The largest absolute Gasteiger partial charge is 0.306 e. The van der Waals surface area contributed by atoms with E-state index in [0.717, 1.165) is 12.5 Å². The summed E-state index contributed by atoms with van der Waals surface area (Å²) in [6, 6.07) is 7.87. The van der Waals surface area contributed by atoms with Gasteiger partial charge in [-0.2, -0.15) is 0 Å². The molecule has 2 aromatic carbocycles. The fraction of sp³-hybridized carbons (Fsp3) is 0.294. The van der Waals surface area contributed by atoms with Crippen LogP contribution in [0.15, 0.2) is 36.4 Å². The van der Waals surface area contributed by atoms with Gasteiger partial charge in [0.25, 0.3) is 0 Å². The maximum Gasteiger partial charge on any atom is 0.131 e. The van der Waals surface area contributed by atoms with Crippen molar-refractivity contribution in [1.29, 1.82) is 0 Å². The first kappa shape index (κ1) is 15.6. The highest BCUT2D eigenvalue weighted by molar-refractivity contribution is 5.36. The molecule has 0 radical (unpaired) electrons. The minimum Gasteiger partial charge on any atom is -0.306 e. The van der Waals surface area contributed by atoms with Gasteiger partial charge in [-0.05, 0) is 49.2 Å². The molecule has 0 aliphatic carbocycles. The van der Waals surface area contributed by atoms with Crippen LogP contribution >= 0.6 is 0 Å². The van der Waals surface area contributed by atoms with Gasteiger partial charge in [0.1, 0.15) is 17.5 Å². The molecule has 2 rings (SSSR count). The van der Waals surface area contributed by atoms with Crippen molar-refractivity contribution >= 4 is 0 Å². The smallest absolute Gasteiger partial charge is 0.131 e. The third-order valence-corrected chi connectivity index (χ3v) is 3.37. The Hall–Kier alpha value is -1.81. The third kappa shape index (κ3) is 3.64. The van der Waals surface area contributed by atoms with E-state index in [2.05, 4.69) is 5.32 Å². The first-order valence-corrected chi connectivity index (χ1v) is 6.97. The predicted molar refractivity (Wildman–Crippen MR) is 77.6 cm³/mol. The summed E-state index contributed by atoms with van der Waals surface area (Å²) >= 11 is 0. The van der Waals surface area contributed by atoms with Crippen LogP contribution in [0.2, 0.25) is 0 Å². The Morgan fingerprint density at radius 1 is 1.05 bits per heavy atom. The van der Waals surface area contributed by atoms with E-state index in [4.69, 9.17) is 0 Å². The molecule has 0 saturated heterocycles. The van der Waals surface area contributed by atoms with E-state index in [-0.39, 0.29) is 5.82 Å². The summed E-state index contributed by atoms with van der Waals surface area (Å²) in [6.45, 7) is 4.22. The molecule has 0 heterocycles. The van der Waals surface area contributed by atoms with Crippen LogP contribution in [0.3, 0.4) is 0 Å². The molecule has 0 aliphatic heterocycles. The van der Waals surface area contributed by atoms with Gasteiger partial charge in [-0.15, -0.1) is 0 Å². The van der Waals surface area contributed by atoms with Gasteiger partial charge < -0.3 is 5.32 Å². The number of aryl methyl sites for hydroxylation is 1. The fourth-order valence-electron chi connectivity index (χ4n) is 2.28. The minimum atomic E-state index is -0.629. The van der Waals surface area contributed by atoms with E-state index >= 15 is 0 Å². The Labute approximate surface area is 122 Å². The van der Waals surface area contributed by atoms with Crippen molar-refractivity contribution in [2.75, 3.05) is 6.54 Å². The molecule has 21 heavy (non-hydrogen) atoms. The zero-order chi connectivity index (χ0) is 15.4. The van der Waals surface area contributed by atoms with E-state index < -0.39 is 17.7 Å². The van der Waals surface area contributed by atoms with Crippen LogP contribution in [0.1, 0.15) is 36.1 Å². The highest BCUT2D eigenvalue weighted by atomic mass is 19.1. The molecule has 112 valence electrons. The molecule has 0 saturated carbocycles. The Balaban J connectivity index is 2.47. The third-order valence-electron chi connectivity index (χ3n) is 3.37. The van der Waals surface area contributed by atoms with Crippen molar-refractivity contribution in [3.05, 3.63) is 70.5 Å². The molecule has 0 aliphatic rings. The first-order chi connectivity index (χ1) is 10.0. The summed E-state index contributed by atoms with van der Waals surface area (Å²) in [7, 11) is 0. The molecule has 0 bridgehead atoms. The molecule has 1 N–H and O–H groups in total. The van der Waals surface area contributed by atoms with Gasteiger partial charge in [-0.3, -0.25) is 0 Å². The summed E-state index contributed by atoms with van der Waals surface area (Å²) in [5.74, 6) is -1.59. The van der Waals surface area contributed by atoms with Crippen LogP contribution in [-0.4, -0.2) is 6.54 Å². The molecule has 1 unspecified atom stereocenters. The zero-order valence-corrected chi connectivity index (χ0v) is 12.1. The SMILES string of the molecule is CCCNC(c1cccc(F)c1)c1cc(C)c(F)cc1F. The number of benzene rings is 2. The second-order valence-corrected chi connectivity index (χ2v) is 5.07. The normalized spacial score (nSPS) is 12.4. The van der Waals surface area contributed by atoms with E-state index in [1.54, 1.807) is 19.1 Å². The Kier molecular flexibility index (Phi) is 5.02. The Morgan fingerprint density at radius 3 is 2.48 bits per heavy atom. The molecule has 1 nitrogen and oxygen atoms in total. The van der Waals surface area contributed by atoms with E-state index in [1.165, 1.54) is 18.2 Å². The van der Waals surface area contributed by atoms with Crippen LogP contribution in [0.4, 0.5) is 13.2 Å². The van der Waals surface area contributed by atoms with E-state index in [9.17, 15) is 13.2 Å². The van der Waals surface area contributed by atoms with Gasteiger partial charge in [0, 0.05) is 11.6 Å². The maximum atomic E-state index is 14.1. The van der Waals surface area contributed by atoms with Crippen molar-refractivity contribution in [2.24, 2.45) is 0 Å². The molecular weight excluding hydrogens is 275 g/mol. The number of halogens is 3. The molecule has 2 aromatic rings. The maximum absolute atomic E-state index is 14.1. The molecule has 0 aromatic heterocycles. The standard InChI is InChI=1S/C17H18F3N/c1-3-7-21-17(12-5-4-6-13(18)9-12)14-8-11(2)15(19)10-16(14)20/h4-6,8-10,17,21H,3,7H2,1-2H3. The number of hydrogen-bond donors (Lipinski definition) is 1. The summed E-state index contributed by atoms with van der Waals surface area (Å²) in [5, 5.41) is 3.19. The summed E-state index contributed by atoms with van der Waals surface area (Å²) in [4.78, 5) is 0.